The molecule has 1 rings (SSSR count). The summed E-state index contributed by atoms with van der Waals surface area (Å²) in [6.07, 6.45) is 4.36. The van der Waals surface area contributed by atoms with Crippen LogP contribution in [0, 0.1) is 5.92 Å². The predicted octanol–water partition coefficient (Wildman–Crippen LogP) is -4.17. The minimum Gasteiger partial charge on any atom is -0.548 e. The van der Waals surface area contributed by atoms with E-state index in [1.807, 2.05) is 6.92 Å². The summed E-state index contributed by atoms with van der Waals surface area (Å²) in [4.78, 5) is 26.2. The average Bonchev–Trinajstić information content (AvgIpc) is 2.74. The van der Waals surface area contributed by atoms with Crippen LogP contribution in [-0.2, 0) is 9.59 Å². The number of hydrogen-bond acceptors (Lipinski definition) is 5. The Kier molecular flexibility index (Phi) is 8.73. The minimum absolute atomic E-state index is 0. The van der Waals surface area contributed by atoms with Crippen molar-refractivity contribution in [3.63, 3.8) is 0 Å². The molecule has 0 spiro atoms. The van der Waals surface area contributed by atoms with Gasteiger partial charge >= 0.3 is 18.9 Å². The SMILES string of the molecule is CC1CC=NC1C(=O)NCCCC[C@@H](N)C(=O)[O-].[Li+]. The summed E-state index contributed by atoms with van der Waals surface area (Å²) in [6.45, 7) is 2.52. The van der Waals surface area contributed by atoms with Gasteiger partial charge in [-0.1, -0.05) is 6.92 Å². The number of aliphatic imine (C=N–C) groups is 1. The van der Waals surface area contributed by atoms with Crippen molar-refractivity contribution in [1.82, 2.24) is 5.32 Å². The van der Waals surface area contributed by atoms with E-state index in [0.29, 0.717) is 25.8 Å². The van der Waals surface area contributed by atoms with Crippen molar-refractivity contribution in [2.75, 3.05) is 6.54 Å². The number of unbranched alkanes of at least 4 members (excludes halogenated alkanes) is 1. The first-order chi connectivity index (χ1) is 8.52. The van der Waals surface area contributed by atoms with E-state index in [-0.39, 0.29) is 36.7 Å². The van der Waals surface area contributed by atoms with Crippen molar-refractivity contribution in [2.45, 2.75) is 44.7 Å². The molecule has 1 amide bonds. The molecule has 1 heterocycles. The number of nitrogens with two attached hydrogens (primary N) is 1. The van der Waals surface area contributed by atoms with Gasteiger partial charge in [0.15, 0.2) is 0 Å². The predicted molar refractivity (Wildman–Crippen MR) is 65.9 cm³/mol. The molecule has 0 fully saturated rings. The second-order valence-corrected chi connectivity index (χ2v) is 4.70. The van der Waals surface area contributed by atoms with Crippen LogP contribution in [0.5, 0.6) is 0 Å². The van der Waals surface area contributed by atoms with Gasteiger partial charge in [0.2, 0.25) is 5.91 Å². The zero-order valence-electron chi connectivity index (χ0n) is 11.6. The second kappa shape index (κ2) is 9.13. The maximum Gasteiger partial charge on any atom is 1.00 e. The molecule has 0 aliphatic carbocycles. The Labute approximate surface area is 125 Å². The second-order valence-electron chi connectivity index (χ2n) is 4.70. The Balaban J connectivity index is 0.00000324. The van der Waals surface area contributed by atoms with Crippen LogP contribution >= 0.6 is 0 Å². The van der Waals surface area contributed by atoms with E-state index in [1.54, 1.807) is 6.21 Å². The molecule has 102 valence electrons. The maximum absolute atomic E-state index is 11.7. The van der Waals surface area contributed by atoms with Gasteiger partial charge in [0.1, 0.15) is 6.04 Å². The number of carboxylic acids is 1. The van der Waals surface area contributed by atoms with Crippen molar-refractivity contribution in [3.05, 3.63) is 0 Å². The Morgan fingerprint density at radius 1 is 1.53 bits per heavy atom. The first-order valence-electron chi connectivity index (χ1n) is 6.28. The number of carbonyl (C=O) groups excluding carboxylic acids is 2. The summed E-state index contributed by atoms with van der Waals surface area (Å²) < 4.78 is 0. The summed E-state index contributed by atoms with van der Waals surface area (Å²) >= 11 is 0. The van der Waals surface area contributed by atoms with Gasteiger partial charge < -0.3 is 21.0 Å². The molecule has 0 aromatic heterocycles. The molecule has 7 heteroatoms. The van der Waals surface area contributed by atoms with Crippen LogP contribution in [-0.4, -0.2) is 36.7 Å². The van der Waals surface area contributed by atoms with E-state index in [4.69, 9.17) is 5.73 Å². The average molecular weight is 261 g/mol. The van der Waals surface area contributed by atoms with E-state index in [0.717, 1.165) is 6.42 Å². The molecular formula is C12H20LiN3O3. The van der Waals surface area contributed by atoms with Crippen LogP contribution in [0.2, 0.25) is 0 Å². The van der Waals surface area contributed by atoms with Gasteiger partial charge in [-0.25, -0.2) is 0 Å². The van der Waals surface area contributed by atoms with Gasteiger partial charge in [0.05, 0.1) is 5.97 Å². The molecule has 0 radical (unpaired) electrons. The van der Waals surface area contributed by atoms with Crippen molar-refractivity contribution in [2.24, 2.45) is 16.6 Å². The third-order valence-electron chi connectivity index (χ3n) is 3.09. The summed E-state index contributed by atoms with van der Waals surface area (Å²) in [5.74, 6) is -1.02. The number of amides is 1. The Hall–Kier alpha value is -0.833. The number of hydrogen-bond donors (Lipinski definition) is 2. The molecule has 3 N–H and O–H groups in total. The smallest absolute Gasteiger partial charge is 0.548 e. The molecule has 0 aromatic rings. The standard InChI is InChI=1S/C12H21N3O3.Li/c1-8-5-7-14-10(8)11(16)15-6-3-2-4-9(13)12(17)18;/h7-10H,2-6,13H2,1H3,(H,15,16)(H,17,18);/q;+1/p-1/t8?,9-,10?;/m1./s1. The van der Waals surface area contributed by atoms with Gasteiger partial charge in [0.25, 0.3) is 0 Å². The Bertz CT molecular complexity index is 336. The number of aliphatic carboxylic acids is 1. The molecule has 3 atom stereocenters. The van der Waals surface area contributed by atoms with Crippen LogP contribution in [0.4, 0.5) is 0 Å². The van der Waals surface area contributed by atoms with Crippen molar-refractivity contribution >= 4 is 18.1 Å². The number of carbonyl (C=O) groups is 2. The zero-order valence-corrected chi connectivity index (χ0v) is 11.6. The molecule has 0 saturated heterocycles. The van der Waals surface area contributed by atoms with Gasteiger partial charge in [-0.2, -0.15) is 0 Å². The van der Waals surface area contributed by atoms with Gasteiger partial charge in [-0.05, 0) is 31.6 Å². The van der Waals surface area contributed by atoms with Gasteiger partial charge in [-0.15, -0.1) is 0 Å². The topological polar surface area (TPSA) is 108 Å². The van der Waals surface area contributed by atoms with Gasteiger partial charge in [0, 0.05) is 18.8 Å². The largest absolute Gasteiger partial charge is 1.00 e. The van der Waals surface area contributed by atoms with Crippen LogP contribution in [0.1, 0.15) is 32.6 Å². The summed E-state index contributed by atoms with van der Waals surface area (Å²) in [5, 5.41) is 13.2. The molecule has 6 nitrogen and oxygen atoms in total. The number of rotatable bonds is 7. The molecule has 0 bridgehead atoms. The first kappa shape index (κ1) is 18.2. The van der Waals surface area contributed by atoms with Crippen molar-refractivity contribution in [1.29, 1.82) is 0 Å². The van der Waals surface area contributed by atoms with Crippen LogP contribution in [0.15, 0.2) is 4.99 Å². The maximum atomic E-state index is 11.7. The Morgan fingerprint density at radius 3 is 2.74 bits per heavy atom. The minimum atomic E-state index is -1.23. The number of nitrogens with zero attached hydrogens (tertiary/aromatic N) is 1. The molecule has 2 unspecified atom stereocenters. The quantitative estimate of drug-likeness (QED) is 0.358. The summed E-state index contributed by atoms with van der Waals surface area (Å²) in [7, 11) is 0. The van der Waals surface area contributed by atoms with Crippen LogP contribution < -0.4 is 35.0 Å². The summed E-state index contributed by atoms with van der Waals surface area (Å²) in [5.41, 5.74) is 5.31. The fraction of sp³-hybridized carbons (Fsp3) is 0.750. The monoisotopic (exact) mass is 261 g/mol. The van der Waals surface area contributed by atoms with E-state index in [9.17, 15) is 14.7 Å². The molecule has 0 aromatic carbocycles. The fourth-order valence-corrected chi connectivity index (χ4v) is 1.87. The fourth-order valence-electron chi connectivity index (χ4n) is 1.87. The molecule has 19 heavy (non-hydrogen) atoms. The normalized spacial score (nSPS) is 22.6. The van der Waals surface area contributed by atoms with Crippen molar-refractivity contribution < 1.29 is 33.6 Å². The number of nitrogens with one attached hydrogen (secondary N) is 1. The molecular weight excluding hydrogens is 241 g/mol. The molecule has 1 aliphatic heterocycles. The van der Waals surface area contributed by atoms with E-state index in [2.05, 4.69) is 10.3 Å². The first-order valence-corrected chi connectivity index (χ1v) is 6.28. The Morgan fingerprint density at radius 2 is 2.21 bits per heavy atom. The zero-order chi connectivity index (χ0) is 13.5. The third-order valence-corrected chi connectivity index (χ3v) is 3.09. The molecule has 1 aliphatic rings. The van der Waals surface area contributed by atoms with Crippen LogP contribution in [0.25, 0.3) is 0 Å². The third kappa shape index (κ3) is 6.24. The molecule has 0 saturated carbocycles. The van der Waals surface area contributed by atoms with Gasteiger partial charge in [-0.3, -0.25) is 9.79 Å². The van der Waals surface area contributed by atoms with Crippen molar-refractivity contribution in [3.8, 4) is 0 Å². The number of carboxylic acid groups (broad SMARTS) is 1. The van der Waals surface area contributed by atoms with E-state index < -0.39 is 12.0 Å². The van der Waals surface area contributed by atoms with E-state index >= 15 is 0 Å². The van der Waals surface area contributed by atoms with E-state index in [1.165, 1.54) is 0 Å². The summed E-state index contributed by atoms with van der Waals surface area (Å²) in [6, 6.07) is -1.18. The van der Waals surface area contributed by atoms with Crippen LogP contribution in [0.3, 0.4) is 0 Å².